The number of aromatic nitrogens is 4. The first-order chi connectivity index (χ1) is 10.6. The molecule has 4 rings (SSSR count). The number of nitrogens with one attached hydrogen (secondary N) is 1. The second-order valence-corrected chi connectivity index (χ2v) is 5.51. The van der Waals surface area contributed by atoms with Crippen molar-refractivity contribution < 1.29 is 19.4 Å². The summed E-state index contributed by atoms with van der Waals surface area (Å²) in [6, 6.07) is 1.46. The molecule has 0 aliphatic carbocycles. The fourth-order valence-electron chi connectivity index (χ4n) is 2.86. The van der Waals surface area contributed by atoms with Gasteiger partial charge in [0.05, 0.1) is 19.3 Å². The molecule has 0 unspecified atom stereocenters. The Bertz CT molecular complexity index is 732. The van der Waals surface area contributed by atoms with Crippen molar-refractivity contribution in [1.29, 1.82) is 0 Å². The lowest BCUT2D eigenvalue weighted by Crippen LogP contribution is -2.44. The molecule has 22 heavy (non-hydrogen) atoms. The van der Waals surface area contributed by atoms with Gasteiger partial charge in [0, 0.05) is 11.9 Å². The van der Waals surface area contributed by atoms with Crippen LogP contribution >= 0.6 is 0 Å². The van der Waals surface area contributed by atoms with Crippen LogP contribution in [0.1, 0.15) is 16.3 Å². The molecule has 2 N–H and O–H groups in total. The highest BCUT2D eigenvalue weighted by molar-refractivity contribution is 5.91. The van der Waals surface area contributed by atoms with Gasteiger partial charge in [0.1, 0.15) is 18.3 Å². The van der Waals surface area contributed by atoms with E-state index in [0.717, 1.165) is 5.69 Å². The number of hydrogen-bond donors (Lipinski definition) is 2. The number of amides is 1. The number of fused-ring (bicyclic) bond motifs is 2. The number of hydrogen-bond acceptors (Lipinski definition) is 7. The Kier molecular flexibility index (Phi) is 3.06. The molecule has 1 amide bonds. The molecule has 4 heterocycles. The quantitative estimate of drug-likeness (QED) is 0.708. The van der Waals surface area contributed by atoms with Crippen molar-refractivity contribution >= 4 is 11.7 Å². The maximum atomic E-state index is 12.4. The van der Waals surface area contributed by atoms with Gasteiger partial charge < -0.3 is 19.9 Å². The number of carbonyl (C=O) groups is 1. The van der Waals surface area contributed by atoms with E-state index in [1.54, 1.807) is 12.3 Å². The number of carbonyl (C=O) groups excluding carboxylic acids is 1. The molecule has 2 saturated heterocycles. The van der Waals surface area contributed by atoms with Crippen LogP contribution in [0.15, 0.2) is 12.3 Å². The summed E-state index contributed by atoms with van der Waals surface area (Å²) in [7, 11) is 0. The normalized spacial score (nSPS) is 30.6. The second-order valence-electron chi connectivity index (χ2n) is 5.51. The summed E-state index contributed by atoms with van der Waals surface area (Å²) in [6.45, 7) is 2.36. The monoisotopic (exact) mass is 305 g/mol. The first-order valence-corrected chi connectivity index (χ1v) is 7.04. The lowest BCUT2D eigenvalue weighted by Gasteiger charge is -2.16. The van der Waals surface area contributed by atoms with Gasteiger partial charge in [-0.1, -0.05) is 0 Å². The molecule has 2 aromatic heterocycles. The molecule has 4 atom stereocenters. The summed E-state index contributed by atoms with van der Waals surface area (Å²) in [6.07, 6.45) is 0.340. The van der Waals surface area contributed by atoms with E-state index in [1.807, 2.05) is 6.92 Å². The van der Waals surface area contributed by atoms with Crippen LogP contribution in [-0.4, -0.2) is 68.2 Å². The van der Waals surface area contributed by atoms with Crippen molar-refractivity contribution in [3.05, 3.63) is 23.8 Å². The topological polar surface area (TPSA) is 111 Å². The Morgan fingerprint density at radius 3 is 3.05 bits per heavy atom. The predicted molar refractivity (Wildman–Crippen MR) is 72.3 cm³/mol. The minimum absolute atomic E-state index is 0.157. The summed E-state index contributed by atoms with van der Waals surface area (Å²) in [5.74, 6) is 0.153. The van der Waals surface area contributed by atoms with Crippen LogP contribution in [0.2, 0.25) is 0 Å². The molecule has 116 valence electrons. The maximum absolute atomic E-state index is 12.4. The van der Waals surface area contributed by atoms with E-state index < -0.39 is 6.10 Å². The van der Waals surface area contributed by atoms with Gasteiger partial charge in [-0.05, 0) is 13.0 Å². The number of aliphatic hydroxyl groups excluding tert-OH is 1. The van der Waals surface area contributed by atoms with E-state index in [1.165, 1.54) is 4.40 Å². The fraction of sp³-hybridized carbons (Fsp3) is 0.538. The van der Waals surface area contributed by atoms with Crippen LogP contribution < -0.4 is 5.32 Å². The van der Waals surface area contributed by atoms with Crippen LogP contribution in [0.4, 0.5) is 0 Å². The summed E-state index contributed by atoms with van der Waals surface area (Å²) in [5, 5.41) is 20.3. The van der Waals surface area contributed by atoms with E-state index in [9.17, 15) is 9.90 Å². The predicted octanol–water partition coefficient (Wildman–Crippen LogP) is -1.31. The third kappa shape index (κ3) is 2.05. The number of aliphatic hydroxyl groups is 1. The number of rotatable bonds is 2. The first kappa shape index (κ1) is 13.6. The van der Waals surface area contributed by atoms with Gasteiger partial charge in [0.15, 0.2) is 0 Å². The SMILES string of the molecule is Cc1ccn2c(C(=O)N[C@@H]3CO[C@H]4[C@@H]3OC[C@H]4O)nnc2n1. The van der Waals surface area contributed by atoms with Gasteiger partial charge in [-0.2, -0.15) is 0 Å². The van der Waals surface area contributed by atoms with Crippen molar-refractivity contribution in [2.45, 2.75) is 31.3 Å². The Morgan fingerprint density at radius 1 is 1.36 bits per heavy atom. The number of ether oxygens (including phenoxy) is 2. The lowest BCUT2D eigenvalue weighted by molar-refractivity contribution is 0.0178. The smallest absolute Gasteiger partial charge is 0.290 e. The fourth-order valence-corrected chi connectivity index (χ4v) is 2.86. The summed E-state index contributed by atoms with van der Waals surface area (Å²) in [5.41, 5.74) is 0.798. The van der Waals surface area contributed by atoms with Crippen molar-refractivity contribution in [3.8, 4) is 0 Å². The summed E-state index contributed by atoms with van der Waals surface area (Å²) in [4.78, 5) is 16.6. The minimum Gasteiger partial charge on any atom is -0.388 e. The van der Waals surface area contributed by atoms with Crippen molar-refractivity contribution in [3.63, 3.8) is 0 Å². The molecule has 2 aliphatic heterocycles. The van der Waals surface area contributed by atoms with E-state index in [2.05, 4.69) is 20.5 Å². The lowest BCUT2D eigenvalue weighted by atomic mass is 10.1. The molecule has 0 bridgehead atoms. The van der Waals surface area contributed by atoms with E-state index >= 15 is 0 Å². The molecule has 2 aromatic rings. The van der Waals surface area contributed by atoms with E-state index in [4.69, 9.17) is 9.47 Å². The maximum Gasteiger partial charge on any atom is 0.290 e. The third-order valence-electron chi connectivity index (χ3n) is 3.97. The van der Waals surface area contributed by atoms with Crippen molar-refractivity contribution in [2.75, 3.05) is 13.2 Å². The molecular formula is C13H15N5O4. The largest absolute Gasteiger partial charge is 0.388 e. The molecule has 2 aliphatic rings. The van der Waals surface area contributed by atoms with Crippen LogP contribution in [0, 0.1) is 6.92 Å². The minimum atomic E-state index is -0.645. The zero-order chi connectivity index (χ0) is 15.3. The third-order valence-corrected chi connectivity index (χ3v) is 3.97. The Hall–Kier alpha value is -2.10. The van der Waals surface area contributed by atoms with Gasteiger partial charge in [-0.15, -0.1) is 10.2 Å². The highest BCUT2D eigenvalue weighted by atomic mass is 16.6. The number of nitrogens with zero attached hydrogens (tertiary/aromatic N) is 4. The Balaban J connectivity index is 1.54. The molecule has 0 spiro atoms. The summed E-state index contributed by atoms with van der Waals surface area (Å²) < 4.78 is 12.5. The highest BCUT2D eigenvalue weighted by Crippen LogP contribution is 2.27. The molecule has 0 radical (unpaired) electrons. The number of aryl methyl sites for hydroxylation is 1. The second kappa shape index (κ2) is 4.97. The van der Waals surface area contributed by atoms with Gasteiger partial charge in [-0.3, -0.25) is 9.20 Å². The zero-order valence-electron chi connectivity index (χ0n) is 11.8. The van der Waals surface area contributed by atoms with Crippen molar-refractivity contribution in [2.24, 2.45) is 0 Å². The van der Waals surface area contributed by atoms with Crippen LogP contribution in [0.25, 0.3) is 5.78 Å². The van der Waals surface area contributed by atoms with Gasteiger partial charge in [0.2, 0.25) is 5.82 Å². The van der Waals surface area contributed by atoms with Gasteiger partial charge in [0.25, 0.3) is 11.7 Å². The molecule has 0 saturated carbocycles. The molecule has 2 fully saturated rings. The first-order valence-electron chi connectivity index (χ1n) is 7.04. The van der Waals surface area contributed by atoms with Gasteiger partial charge in [-0.25, -0.2) is 4.98 Å². The van der Waals surface area contributed by atoms with Gasteiger partial charge >= 0.3 is 0 Å². The van der Waals surface area contributed by atoms with Crippen LogP contribution in [-0.2, 0) is 9.47 Å². The Morgan fingerprint density at radius 2 is 2.18 bits per heavy atom. The average Bonchev–Trinajstić information content (AvgIpc) is 3.16. The van der Waals surface area contributed by atoms with E-state index in [-0.39, 0.29) is 36.6 Å². The summed E-state index contributed by atoms with van der Waals surface area (Å²) >= 11 is 0. The highest BCUT2D eigenvalue weighted by Gasteiger charge is 2.47. The van der Waals surface area contributed by atoms with Crippen molar-refractivity contribution in [1.82, 2.24) is 24.9 Å². The van der Waals surface area contributed by atoms with E-state index in [0.29, 0.717) is 12.4 Å². The Labute approximate surface area is 125 Å². The molecule has 9 nitrogen and oxygen atoms in total. The van der Waals surface area contributed by atoms with Crippen LogP contribution in [0.5, 0.6) is 0 Å². The molecular weight excluding hydrogens is 290 g/mol. The average molecular weight is 305 g/mol. The zero-order valence-corrected chi connectivity index (χ0v) is 11.8. The molecule has 9 heteroatoms. The standard InChI is InChI=1S/C13H15N5O4/c1-6-2-3-18-11(16-17-13(18)14-6)12(20)15-7-4-21-10-8(19)5-22-9(7)10/h2-3,7-10,19H,4-5H2,1H3,(H,15,20)/t7-,8-,9-,10-/m1/s1. The molecule has 0 aromatic carbocycles. The van der Waals surface area contributed by atoms with Crippen LogP contribution in [0.3, 0.4) is 0 Å².